The lowest BCUT2D eigenvalue weighted by atomic mass is 10.0. The number of hydrogen-bond donors (Lipinski definition) is 1. The predicted molar refractivity (Wildman–Crippen MR) is 84.1 cm³/mol. The minimum absolute atomic E-state index is 0.580. The molecule has 0 bridgehead atoms. The molecule has 1 saturated heterocycles. The highest BCUT2D eigenvalue weighted by Crippen LogP contribution is 2.12. The molecule has 1 fully saturated rings. The first-order chi connectivity index (χ1) is 9.79. The molecule has 0 aromatic heterocycles. The Hall–Kier alpha value is -0.900. The molecule has 2 rings (SSSR count). The topological polar surface area (TPSA) is 24.5 Å². The molecule has 1 aliphatic rings. The lowest BCUT2D eigenvalue weighted by Gasteiger charge is -2.39. The van der Waals surface area contributed by atoms with Crippen LogP contribution >= 0.6 is 0 Å². The maximum atomic E-state index is 5.13. The lowest BCUT2D eigenvalue weighted by Crippen LogP contribution is -2.56. The third-order valence-electron chi connectivity index (χ3n) is 4.15. The zero-order chi connectivity index (χ0) is 14.2. The number of rotatable bonds is 7. The third-order valence-corrected chi connectivity index (χ3v) is 4.15. The molecule has 0 spiro atoms. The molecule has 3 nitrogen and oxygen atoms in total. The van der Waals surface area contributed by atoms with Gasteiger partial charge in [0.2, 0.25) is 0 Å². The second-order valence-corrected chi connectivity index (χ2v) is 5.84. The van der Waals surface area contributed by atoms with E-state index in [4.69, 9.17) is 4.74 Å². The fourth-order valence-corrected chi connectivity index (χ4v) is 2.90. The Labute approximate surface area is 123 Å². The van der Waals surface area contributed by atoms with Gasteiger partial charge in [-0.25, -0.2) is 0 Å². The summed E-state index contributed by atoms with van der Waals surface area (Å²) in [6.45, 7) is 6.65. The van der Waals surface area contributed by atoms with E-state index in [9.17, 15) is 0 Å². The van der Waals surface area contributed by atoms with Crippen molar-refractivity contribution in [3.8, 4) is 0 Å². The van der Waals surface area contributed by atoms with Crippen LogP contribution in [0.3, 0.4) is 0 Å². The second-order valence-electron chi connectivity index (χ2n) is 5.84. The van der Waals surface area contributed by atoms with Gasteiger partial charge >= 0.3 is 0 Å². The number of piperazine rings is 1. The van der Waals surface area contributed by atoms with Gasteiger partial charge in [0.15, 0.2) is 0 Å². The molecule has 2 unspecified atom stereocenters. The molecule has 3 heteroatoms. The van der Waals surface area contributed by atoms with Crippen LogP contribution in [-0.2, 0) is 11.2 Å². The van der Waals surface area contributed by atoms with Gasteiger partial charge in [-0.05, 0) is 38.3 Å². The third kappa shape index (κ3) is 4.89. The SMILES string of the molecule is COCCCCN1CC(Cc2ccccc2)NCC1C. The van der Waals surface area contributed by atoms with Crippen LogP contribution in [0, 0.1) is 0 Å². The van der Waals surface area contributed by atoms with Crippen LogP contribution in [0.4, 0.5) is 0 Å². The molecule has 112 valence electrons. The molecule has 1 aromatic carbocycles. The average molecular weight is 276 g/mol. The van der Waals surface area contributed by atoms with Crippen LogP contribution in [-0.4, -0.2) is 50.3 Å². The zero-order valence-corrected chi connectivity index (χ0v) is 12.8. The molecule has 0 amide bonds. The van der Waals surface area contributed by atoms with Gasteiger partial charge in [-0.2, -0.15) is 0 Å². The van der Waals surface area contributed by atoms with Gasteiger partial charge in [0.05, 0.1) is 0 Å². The van der Waals surface area contributed by atoms with Crippen LogP contribution < -0.4 is 5.32 Å². The average Bonchev–Trinajstić information content (AvgIpc) is 2.48. The van der Waals surface area contributed by atoms with Gasteiger partial charge in [0.1, 0.15) is 0 Å². The summed E-state index contributed by atoms with van der Waals surface area (Å²) in [7, 11) is 1.78. The number of ether oxygens (including phenoxy) is 1. The van der Waals surface area contributed by atoms with Crippen LogP contribution in [0.15, 0.2) is 30.3 Å². The van der Waals surface area contributed by atoms with Crippen molar-refractivity contribution in [2.75, 3.05) is 33.4 Å². The van der Waals surface area contributed by atoms with Crippen LogP contribution in [0.25, 0.3) is 0 Å². The molecule has 1 heterocycles. The number of hydrogen-bond acceptors (Lipinski definition) is 3. The van der Waals surface area contributed by atoms with E-state index in [1.54, 1.807) is 7.11 Å². The van der Waals surface area contributed by atoms with E-state index in [1.807, 2.05) is 0 Å². The molecule has 20 heavy (non-hydrogen) atoms. The van der Waals surface area contributed by atoms with Crippen molar-refractivity contribution in [2.45, 2.75) is 38.3 Å². The van der Waals surface area contributed by atoms with E-state index < -0.39 is 0 Å². The molecule has 0 saturated carbocycles. The van der Waals surface area contributed by atoms with Crippen molar-refractivity contribution < 1.29 is 4.74 Å². The Morgan fingerprint density at radius 2 is 2.05 bits per heavy atom. The van der Waals surface area contributed by atoms with E-state index in [0.29, 0.717) is 12.1 Å². The molecular weight excluding hydrogens is 248 g/mol. The summed E-state index contributed by atoms with van der Waals surface area (Å²) in [5.41, 5.74) is 1.43. The highest BCUT2D eigenvalue weighted by atomic mass is 16.5. The minimum Gasteiger partial charge on any atom is -0.385 e. The largest absolute Gasteiger partial charge is 0.385 e. The Kier molecular flexibility index (Phi) is 6.51. The monoisotopic (exact) mass is 276 g/mol. The molecule has 1 aliphatic heterocycles. The van der Waals surface area contributed by atoms with Crippen LogP contribution in [0.2, 0.25) is 0 Å². The van der Waals surface area contributed by atoms with E-state index >= 15 is 0 Å². The summed E-state index contributed by atoms with van der Waals surface area (Å²) in [6.07, 6.45) is 3.52. The Morgan fingerprint density at radius 3 is 2.80 bits per heavy atom. The molecule has 1 aromatic rings. The first kappa shape index (κ1) is 15.5. The van der Waals surface area contributed by atoms with E-state index in [0.717, 1.165) is 32.5 Å². The van der Waals surface area contributed by atoms with Crippen molar-refractivity contribution in [3.63, 3.8) is 0 Å². The van der Waals surface area contributed by atoms with Crippen molar-refractivity contribution in [2.24, 2.45) is 0 Å². The maximum Gasteiger partial charge on any atom is 0.0462 e. The Balaban J connectivity index is 1.78. The van der Waals surface area contributed by atoms with Crippen LogP contribution in [0.5, 0.6) is 0 Å². The summed E-state index contributed by atoms with van der Waals surface area (Å²) in [4.78, 5) is 2.62. The standard InChI is InChI=1S/C17H28N2O/c1-15-13-18-17(12-16-8-4-3-5-9-16)14-19(15)10-6-7-11-20-2/h3-5,8-9,15,17-18H,6-7,10-14H2,1-2H3. The smallest absolute Gasteiger partial charge is 0.0462 e. The number of benzene rings is 1. The van der Waals surface area contributed by atoms with Crippen molar-refractivity contribution in [1.29, 1.82) is 0 Å². The van der Waals surface area contributed by atoms with E-state index in [-0.39, 0.29) is 0 Å². The van der Waals surface area contributed by atoms with Gasteiger partial charge < -0.3 is 10.1 Å². The number of nitrogens with zero attached hydrogens (tertiary/aromatic N) is 1. The maximum absolute atomic E-state index is 5.13. The number of nitrogens with one attached hydrogen (secondary N) is 1. The minimum atomic E-state index is 0.580. The zero-order valence-electron chi connectivity index (χ0n) is 12.8. The number of methoxy groups -OCH3 is 1. The lowest BCUT2D eigenvalue weighted by molar-refractivity contribution is 0.130. The van der Waals surface area contributed by atoms with Crippen molar-refractivity contribution in [3.05, 3.63) is 35.9 Å². The van der Waals surface area contributed by atoms with Gasteiger partial charge in [0, 0.05) is 38.9 Å². The molecule has 0 aliphatic carbocycles. The first-order valence-corrected chi connectivity index (χ1v) is 7.80. The second kappa shape index (κ2) is 8.40. The molecule has 0 radical (unpaired) electrons. The highest BCUT2D eigenvalue weighted by molar-refractivity contribution is 5.16. The van der Waals surface area contributed by atoms with Gasteiger partial charge in [0.25, 0.3) is 0 Å². The van der Waals surface area contributed by atoms with Gasteiger partial charge in [-0.1, -0.05) is 30.3 Å². The summed E-state index contributed by atoms with van der Waals surface area (Å²) >= 11 is 0. The molecular formula is C17H28N2O. The van der Waals surface area contributed by atoms with E-state index in [2.05, 4.69) is 47.5 Å². The quantitative estimate of drug-likeness (QED) is 0.774. The number of unbranched alkanes of at least 4 members (excludes halogenated alkanes) is 1. The van der Waals surface area contributed by atoms with Gasteiger partial charge in [-0.3, -0.25) is 4.90 Å². The Bertz CT molecular complexity index is 369. The Morgan fingerprint density at radius 1 is 1.25 bits per heavy atom. The van der Waals surface area contributed by atoms with Gasteiger partial charge in [-0.15, -0.1) is 0 Å². The fourth-order valence-electron chi connectivity index (χ4n) is 2.90. The first-order valence-electron chi connectivity index (χ1n) is 7.80. The summed E-state index contributed by atoms with van der Waals surface area (Å²) in [5, 5.41) is 3.68. The van der Waals surface area contributed by atoms with Crippen molar-refractivity contribution >= 4 is 0 Å². The summed E-state index contributed by atoms with van der Waals surface area (Å²) < 4.78 is 5.13. The van der Waals surface area contributed by atoms with Crippen LogP contribution in [0.1, 0.15) is 25.3 Å². The predicted octanol–water partition coefficient (Wildman–Crippen LogP) is 2.32. The molecule has 2 atom stereocenters. The van der Waals surface area contributed by atoms with E-state index in [1.165, 1.54) is 18.5 Å². The van der Waals surface area contributed by atoms with Crippen molar-refractivity contribution in [1.82, 2.24) is 10.2 Å². The highest BCUT2D eigenvalue weighted by Gasteiger charge is 2.24. The summed E-state index contributed by atoms with van der Waals surface area (Å²) in [6, 6.07) is 12.0. The fraction of sp³-hybridized carbons (Fsp3) is 0.647. The normalized spacial score (nSPS) is 23.9. The summed E-state index contributed by atoms with van der Waals surface area (Å²) in [5.74, 6) is 0. The molecule has 1 N–H and O–H groups in total.